The summed E-state index contributed by atoms with van der Waals surface area (Å²) in [5, 5.41) is 12.8. The van der Waals surface area contributed by atoms with Gasteiger partial charge < -0.3 is 14.8 Å². The monoisotopic (exact) mass is 288 g/mol. The summed E-state index contributed by atoms with van der Waals surface area (Å²) in [5.74, 6) is 0.765. The van der Waals surface area contributed by atoms with Crippen molar-refractivity contribution in [1.82, 2.24) is 0 Å². The zero-order valence-electron chi connectivity index (χ0n) is 13.1. The van der Waals surface area contributed by atoms with Gasteiger partial charge in [-0.2, -0.15) is 5.26 Å². The van der Waals surface area contributed by atoms with Crippen LogP contribution in [0.4, 0.5) is 5.69 Å². The topological polar surface area (TPSA) is 54.3 Å². The fourth-order valence-corrected chi connectivity index (χ4v) is 2.98. The van der Waals surface area contributed by atoms with Crippen molar-refractivity contribution in [2.45, 2.75) is 51.2 Å². The van der Waals surface area contributed by atoms with E-state index in [1.165, 1.54) is 0 Å². The van der Waals surface area contributed by atoms with Crippen molar-refractivity contribution >= 4 is 5.69 Å². The second kappa shape index (κ2) is 6.82. The van der Waals surface area contributed by atoms with E-state index in [4.69, 9.17) is 9.47 Å². The number of nitrogens with one attached hydrogen (secondary N) is 1. The fraction of sp³-hybridized carbons (Fsp3) is 0.588. The number of nitrogens with zero attached hydrogens (tertiary/aromatic N) is 1. The van der Waals surface area contributed by atoms with Gasteiger partial charge in [0.05, 0.1) is 24.0 Å². The van der Waals surface area contributed by atoms with E-state index >= 15 is 0 Å². The Morgan fingerprint density at radius 1 is 1.43 bits per heavy atom. The average molecular weight is 288 g/mol. The lowest BCUT2D eigenvalue weighted by atomic mass is 9.85. The van der Waals surface area contributed by atoms with Crippen LogP contribution in [0.5, 0.6) is 5.75 Å². The first-order valence-corrected chi connectivity index (χ1v) is 7.65. The Hall–Kier alpha value is -1.73. The number of nitriles is 1. The highest BCUT2D eigenvalue weighted by molar-refractivity contribution is 5.60. The van der Waals surface area contributed by atoms with Crippen LogP contribution in [0.2, 0.25) is 0 Å². The molecule has 2 rings (SSSR count). The molecule has 0 amide bonds. The summed E-state index contributed by atoms with van der Waals surface area (Å²) < 4.78 is 11.3. The minimum atomic E-state index is -0.0262. The second-order valence-corrected chi connectivity index (χ2v) is 5.60. The van der Waals surface area contributed by atoms with Crippen LogP contribution in [0.3, 0.4) is 0 Å². The highest BCUT2D eigenvalue weighted by Crippen LogP contribution is 2.33. The molecular formula is C17H24N2O2. The molecule has 1 aliphatic rings. The maximum atomic E-state index is 9.25. The Morgan fingerprint density at radius 2 is 2.19 bits per heavy atom. The SMILES string of the molecule is CCC1(CC)CC(Nc2cc(OC)ccc2C#N)CCO1. The number of rotatable bonds is 5. The molecule has 1 N–H and O–H groups in total. The van der Waals surface area contributed by atoms with Crippen molar-refractivity contribution in [2.75, 3.05) is 19.0 Å². The van der Waals surface area contributed by atoms with E-state index in [1.807, 2.05) is 12.1 Å². The lowest BCUT2D eigenvalue weighted by Crippen LogP contribution is -2.43. The molecule has 1 atom stereocenters. The minimum absolute atomic E-state index is 0.0262. The zero-order chi connectivity index (χ0) is 15.3. The predicted octanol–water partition coefficient (Wildman–Crippen LogP) is 3.72. The van der Waals surface area contributed by atoms with Gasteiger partial charge in [0.1, 0.15) is 11.8 Å². The molecular weight excluding hydrogens is 264 g/mol. The van der Waals surface area contributed by atoms with Crippen LogP contribution >= 0.6 is 0 Å². The molecule has 4 heteroatoms. The third kappa shape index (κ3) is 3.48. The third-order valence-electron chi connectivity index (χ3n) is 4.49. The van der Waals surface area contributed by atoms with Crippen molar-refractivity contribution in [3.05, 3.63) is 23.8 Å². The largest absolute Gasteiger partial charge is 0.497 e. The number of anilines is 1. The molecule has 1 aliphatic heterocycles. The first-order valence-electron chi connectivity index (χ1n) is 7.65. The first-order chi connectivity index (χ1) is 10.2. The zero-order valence-corrected chi connectivity index (χ0v) is 13.1. The van der Waals surface area contributed by atoms with Crippen molar-refractivity contribution in [3.8, 4) is 11.8 Å². The molecule has 1 heterocycles. The van der Waals surface area contributed by atoms with Gasteiger partial charge in [0.2, 0.25) is 0 Å². The minimum Gasteiger partial charge on any atom is -0.497 e. The summed E-state index contributed by atoms with van der Waals surface area (Å²) in [6.45, 7) is 5.13. The normalized spacial score (nSPS) is 20.6. The van der Waals surface area contributed by atoms with E-state index in [0.717, 1.165) is 43.7 Å². The van der Waals surface area contributed by atoms with Crippen LogP contribution in [0.25, 0.3) is 0 Å². The average Bonchev–Trinajstić information content (AvgIpc) is 2.54. The maximum absolute atomic E-state index is 9.25. The molecule has 0 spiro atoms. The molecule has 1 aromatic carbocycles. The van der Waals surface area contributed by atoms with E-state index in [9.17, 15) is 5.26 Å². The van der Waals surface area contributed by atoms with Crippen molar-refractivity contribution in [1.29, 1.82) is 5.26 Å². The smallest absolute Gasteiger partial charge is 0.121 e. The molecule has 0 aliphatic carbocycles. The third-order valence-corrected chi connectivity index (χ3v) is 4.49. The summed E-state index contributed by atoms with van der Waals surface area (Å²) in [6, 6.07) is 8.08. The van der Waals surface area contributed by atoms with Gasteiger partial charge in [0.25, 0.3) is 0 Å². The maximum Gasteiger partial charge on any atom is 0.121 e. The summed E-state index contributed by atoms with van der Waals surface area (Å²) in [7, 11) is 1.64. The molecule has 0 bridgehead atoms. The summed E-state index contributed by atoms with van der Waals surface area (Å²) in [4.78, 5) is 0. The number of benzene rings is 1. The highest BCUT2D eigenvalue weighted by Gasteiger charge is 2.34. The van der Waals surface area contributed by atoms with Crippen molar-refractivity contribution < 1.29 is 9.47 Å². The van der Waals surface area contributed by atoms with Gasteiger partial charge in [0.15, 0.2) is 0 Å². The summed E-state index contributed by atoms with van der Waals surface area (Å²) in [5.41, 5.74) is 1.48. The van der Waals surface area contributed by atoms with E-state index in [2.05, 4.69) is 25.2 Å². The molecule has 1 fully saturated rings. The Labute approximate surface area is 127 Å². The van der Waals surface area contributed by atoms with Gasteiger partial charge in [-0.25, -0.2) is 0 Å². The van der Waals surface area contributed by atoms with E-state index in [0.29, 0.717) is 11.6 Å². The summed E-state index contributed by atoms with van der Waals surface area (Å²) in [6.07, 6.45) is 3.97. The molecule has 0 radical (unpaired) electrons. The second-order valence-electron chi connectivity index (χ2n) is 5.60. The molecule has 21 heavy (non-hydrogen) atoms. The lowest BCUT2D eigenvalue weighted by Gasteiger charge is -2.40. The van der Waals surface area contributed by atoms with Gasteiger partial charge in [-0.3, -0.25) is 0 Å². The molecule has 1 unspecified atom stereocenters. The standard InChI is InChI=1S/C17H24N2O2/c1-4-17(5-2)11-14(8-9-21-17)19-16-10-15(20-3)7-6-13(16)12-18/h6-7,10,14,19H,4-5,8-9,11H2,1-3H3. The quantitative estimate of drug-likeness (QED) is 0.897. The van der Waals surface area contributed by atoms with E-state index in [-0.39, 0.29) is 5.60 Å². The molecule has 1 saturated heterocycles. The van der Waals surface area contributed by atoms with Crippen LogP contribution in [-0.2, 0) is 4.74 Å². The number of hydrogen-bond acceptors (Lipinski definition) is 4. The molecule has 4 nitrogen and oxygen atoms in total. The summed E-state index contributed by atoms with van der Waals surface area (Å²) >= 11 is 0. The predicted molar refractivity (Wildman–Crippen MR) is 83.6 cm³/mol. The number of methoxy groups -OCH3 is 1. The molecule has 1 aromatic rings. The Kier molecular flexibility index (Phi) is 5.08. The van der Waals surface area contributed by atoms with Gasteiger partial charge in [-0.05, 0) is 37.8 Å². The number of ether oxygens (including phenoxy) is 2. The fourth-order valence-electron chi connectivity index (χ4n) is 2.98. The van der Waals surface area contributed by atoms with Crippen LogP contribution in [0.15, 0.2) is 18.2 Å². The van der Waals surface area contributed by atoms with E-state index in [1.54, 1.807) is 13.2 Å². The molecule has 0 aromatic heterocycles. The van der Waals surface area contributed by atoms with Crippen molar-refractivity contribution in [2.24, 2.45) is 0 Å². The lowest BCUT2D eigenvalue weighted by molar-refractivity contribution is -0.0864. The van der Waals surface area contributed by atoms with Crippen LogP contribution in [0.1, 0.15) is 45.1 Å². The van der Waals surface area contributed by atoms with Crippen molar-refractivity contribution in [3.63, 3.8) is 0 Å². The first kappa shape index (κ1) is 15.7. The van der Waals surface area contributed by atoms with Gasteiger partial charge >= 0.3 is 0 Å². The number of hydrogen-bond donors (Lipinski definition) is 1. The Bertz CT molecular complexity index is 518. The van der Waals surface area contributed by atoms with Crippen LogP contribution < -0.4 is 10.1 Å². The Balaban J connectivity index is 2.16. The van der Waals surface area contributed by atoms with E-state index < -0.39 is 0 Å². The molecule has 114 valence electrons. The molecule has 0 saturated carbocycles. The van der Waals surface area contributed by atoms with Gasteiger partial charge in [-0.1, -0.05) is 13.8 Å². The Morgan fingerprint density at radius 3 is 2.81 bits per heavy atom. The highest BCUT2D eigenvalue weighted by atomic mass is 16.5. The van der Waals surface area contributed by atoms with Gasteiger partial charge in [-0.15, -0.1) is 0 Å². The van der Waals surface area contributed by atoms with Crippen LogP contribution in [0, 0.1) is 11.3 Å². The van der Waals surface area contributed by atoms with Crippen LogP contribution in [-0.4, -0.2) is 25.4 Å². The van der Waals surface area contributed by atoms with Gasteiger partial charge in [0, 0.05) is 18.7 Å².